The highest BCUT2D eigenvalue weighted by Gasteiger charge is 2.31. The summed E-state index contributed by atoms with van der Waals surface area (Å²) in [5.41, 5.74) is 4.01. The lowest BCUT2D eigenvalue weighted by Gasteiger charge is -2.23. The summed E-state index contributed by atoms with van der Waals surface area (Å²) in [6.45, 7) is 6.66. The lowest BCUT2D eigenvalue weighted by Crippen LogP contribution is -2.12. The smallest absolute Gasteiger partial charge is 0.0618 e. The molecule has 1 aromatic rings. The Balaban J connectivity index is 2.23. The van der Waals surface area contributed by atoms with Gasteiger partial charge in [-0.25, -0.2) is 0 Å². The van der Waals surface area contributed by atoms with Crippen molar-refractivity contribution in [3.63, 3.8) is 0 Å². The Morgan fingerprint density at radius 2 is 2.00 bits per heavy atom. The molecule has 3 atom stereocenters. The van der Waals surface area contributed by atoms with Gasteiger partial charge in [-0.3, -0.25) is 0 Å². The quantitative estimate of drug-likeness (QED) is 0.633. The van der Waals surface area contributed by atoms with E-state index in [1.165, 1.54) is 36.0 Å². The third-order valence-corrected chi connectivity index (χ3v) is 4.58. The van der Waals surface area contributed by atoms with E-state index >= 15 is 0 Å². The fraction of sp³-hybridized carbons (Fsp3) is 0.600. The second-order valence-electron chi connectivity index (χ2n) is 5.33. The largest absolute Gasteiger partial charge is 0.118 e. The highest BCUT2D eigenvalue weighted by atomic mass is 35.5. The van der Waals surface area contributed by atoms with Crippen LogP contribution in [0.3, 0.4) is 0 Å². The van der Waals surface area contributed by atoms with E-state index < -0.39 is 0 Å². The van der Waals surface area contributed by atoms with Gasteiger partial charge in [0.1, 0.15) is 0 Å². The molecule has 1 heteroatoms. The molecule has 1 aliphatic rings. The summed E-state index contributed by atoms with van der Waals surface area (Å²) >= 11 is 6.66. The van der Waals surface area contributed by atoms with Crippen molar-refractivity contribution in [2.24, 2.45) is 11.8 Å². The Morgan fingerprint density at radius 3 is 2.56 bits per heavy atom. The molecule has 0 heterocycles. The van der Waals surface area contributed by atoms with Gasteiger partial charge in [-0.05, 0) is 43.2 Å². The predicted molar refractivity (Wildman–Crippen MR) is 71.0 cm³/mol. The van der Waals surface area contributed by atoms with Gasteiger partial charge in [0.25, 0.3) is 0 Å². The summed E-state index contributed by atoms with van der Waals surface area (Å²) in [6, 6.07) is 6.63. The van der Waals surface area contributed by atoms with E-state index in [9.17, 15) is 0 Å². The minimum absolute atomic E-state index is 0.207. The molecule has 0 radical (unpaired) electrons. The van der Waals surface area contributed by atoms with Crippen LogP contribution >= 0.6 is 11.6 Å². The van der Waals surface area contributed by atoms with Crippen molar-refractivity contribution in [1.29, 1.82) is 0 Å². The van der Waals surface area contributed by atoms with E-state index in [4.69, 9.17) is 11.6 Å². The van der Waals surface area contributed by atoms with Crippen molar-refractivity contribution in [1.82, 2.24) is 0 Å². The molecule has 0 N–H and O–H groups in total. The zero-order chi connectivity index (χ0) is 11.7. The molecule has 0 aromatic heterocycles. The van der Waals surface area contributed by atoms with Crippen LogP contribution in [-0.2, 0) is 0 Å². The number of halogens is 1. The summed E-state index contributed by atoms with van der Waals surface area (Å²) < 4.78 is 0. The Labute approximate surface area is 104 Å². The second kappa shape index (κ2) is 4.79. The Bertz CT molecular complexity index is 370. The van der Waals surface area contributed by atoms with E-state index in [1.807, 2.05) is 0 Å². The first kappa shape index (κ1) is 12.0. The summed E-state index contributed by atoms with van der Waals surface area (Å²) in [4.78, 5) is 0. The molecule has 1 aliphatic carbocycles. The van der Waals surface area contributed by atoms with E-state index in [1.54, 1.807) is 0 Å². The van der Waals surface area contributed by atoms with E-state index in [0.717, 1.165) is 5.92 Å². The summed E-state index contributed by atoms with van der Waals surface area (Å²) in [5, 5.41) is 0.207. The van der Waals surface area contributed by atoms with Crippen LogP contribution in [0, 0.1) is 25.7 Å². The minimum Gasteiger partial charge on any atom is -0.118 e. The number of aryl methyl sites for hydroxylation is 2. The molecule has 0 bridgehead atoms. The van der Waals surface area contributed by atoms with Gasteiger partial charge in [0.2, 0.25) is 0 Å². The van der Waals surface area contributed by atoms with Crippen molar-refractivity contribution < 1.29 is 0 Å². The van der Waals surface area contributed by atoms with Crippen molar-refractivity contribution in [3.05, 3.63) is 34.9 Å². The standard InChI is InChI=1S/C15H21Cl/c1-10-7-8-14(12(3)9-10)15(16)13-6-4-5-11(13)2/h7-9,11,13,15H,4-6H2,1-3H3. The minimum atomic E-state index is 0.207. The van der Waals surface area contributed by atoms with Crippen molar-refractivity contribution in [2.75, 3.05) is 0 Å². The van der Waals surface area contributed by atoms with Crippen LogP contribution in [-0.4, -0.2) is 0 Å². The molecule has 0 nitrogen and oxygen atoms in total. The van der Waals surface area contributed by atoms with Crippen LogP contribution in [0.15, 0.2) is 18.2 Å². The Kier molecular flexibility index (Phi) is 3.59. The molecule has 1 fully saturated rings. The average Bonchev–Trinajstić information content (AvgIpc) is 2.63. The maximum absolute atomic E-state index is 6.66. The molecular formula is C15H21Cl. The van der Waals surface area contributed by atoms with Gasteiger partial charge >= 0.3 is 0 Å². The summed E-state index contributed by atoms with van der Waals surface area (Å²) in [5.74, 6) is 1.45. The second-order valence-corrected chi connectivity index (χ2v) is 5.80. The third kappa shape index (κ3) is 2.27. The van der Waals surface area contributed by atoms with Crippen molar-refractivity contribution in [3.8, 4) is 0 Å². The maximum atomic E-state index is 6.66. The van der Waals surface area contributed by atoms with Gasteiger partial charge in [0.15, 0.2) is 0 Å². The zero-order valence-corrected chi connectivity index (χ0v) is 11.2. The predicted octanol–water partition coefficient (Wildman–Crippen LogP) is 5.02. The lowest BCUT2D eigenvalue weighted by atomic mass is 9.88. The van der Waals surface area contributed by atoms with Crippen LogP contribution in [0.5, 0.6) is 0 Å². The number of alkyl halides is 1. The van der Waals surface area contributed by atoms with Gasteiger partial charge in [-0.1, -0.05) is 43.5 Å². The van der Waals surface area contributed by atoms with Gasteiger partial charge in [-0.15, -0.1) is 11.6 Å². The summed E-state index contributed by atoms with van der Waals surface area (Å²) in [7, 11) is 0. The zero-order valence-electron chi connectivity index (χ0n) is 10.5. The normalized spacial score (nSPS) is 27.0. The molecule has 0 aliphatic heterocycles. The highest BCUT2D eigenvalue weighted by Crippen LogP contribution is 2.44. The molecular weight excluding hydrogens is 216 g/mol. The molecule has 0 spiro atoms. The van der Waals surface area contributed by atoms with Gasteiger partial charge in [0.05, 0.1) is 5.38 Å². The molecule has 0 saturated heterocycles. The maximum Gasteiger partial charge on any atom is 0.0618 e. The van der Waals surface area contributed by atoms with E-state index in [0.29, 0.717) is 5.92 Å². The van der Waals surface area contributed by atoms with Crippen LogP contribution in [0.25, 0.3) is 0 Å². The van der Waals surface area contributed by atoms with E-state index in [2.05, 4.69) is 39.0 Å². The fourth-order valence-corrected chi connectivity index (χ4v) is 3.59. The first-order valence-corrected chi connectivity index (χ1v) is 6.74. The van der Waals surface area contributed by atoms with Crippen molar-refractivity contribution in [2.45, 2.75) is 45.4 Å². The SMILES string of the molecule is Cc1ccc(C(Cl)C2CCCC2C)c(C)c1. The van der Waals surface area contributed by atoms with E-state index in [-0.39, 0.29) is 5.38 Å². The third-order valence-electron chi connectivity index (χ3n) is 4.03. The Morgan fingerprint density at radius 1 is 1.25 bits per heavy atom. The fourth-order valence-electron chi connectivity index (χ4n) is 2.97. The summed E-state index contributed by atoms with van der Waals surface area (Å²) in [6.07, 6.45) is 3.99. The van der Waals surface area contributed by atoms with Crippen LogP contribution < -0.4 is 0 Å². The van der Waals surface area contributed by atoms with Gasteiger partial charge in [0, 0.05) is 0 Å². The van der Waals surface area contributed by atoms with Crippen LogP contribution in [0.1, 0.15) is 48.3 Å². The van der Waals surface area contributed by atoms with Gasteiger partial charge < -0.3 is 0 Å². The molecule has 0 amide bonds. The van der Waals surface area contributed by atoms with Crippen LogP contribution in [0.2, 0.25) is 0 Å². The number of rotatable bonds is 2. The number of hydrogen-bond acceptors (Lipinski definition) is 0. The molecule has 3 unspecified atom stereocenters. The molecule has 1 saturated carbocycles. The lowest BCUT2D eigenvalue weighted by molar-refractivity contribution is 0.405. The van der Waals surface area contributed by atoms with Crippen LogP contribution in [0.4, 0.5) is 0 Å². The first-order chi connectivity index (χ1) is 7.59. The molecule has 2 rings (SSSR count). The van der Waals surface area contributed by atoms with Gasteiger partial charge in [-0.2, -0.15) is 0 Å². The monoisotopic (exact) mass is 236 g/mol. The highest BCUT2D eigenvalue weighted by molar-refractivity contribution is 6.21. The number of hydrogen-bond donors (Lipinski definition) is 0. The first-order valence-electron chi connectivity index (χ1n) is 6.31. The topological polar surface area (TPSA) is 0 Å². The molecule has 16 heavy (non-hydrogen) atoms. The molecule has 1 aromatic carbocycles. The van der Waals surface area contributed by atoms with Crippen molar-refractivity contribution >= 4 is 11.6 Å². The average molecular weight is 237 g/mol. The molecule has 88 valence electrons. The number of benzene rings is 1. The Hall–Kier alpha value is -0.490.